The van der Waals surface area contributed by atoms with Crippen molar-refractivity contribution in [3.63, 3.8) is 0 Å². The Morgan fingerprint density at radius 3 is 1.38 bits per heavy atom. The summed E-state index contributed by atoms with van der Waals surface area (Å²) < 4.78 is 33.9. The predicted molar refractivity (Wildman–Crippen MR) is 250 cm³/mol. The second-order valence-electron chi connectivity index (χ2n) is 17.5. The van der Waals surface area contributed by atoms with Gasteiger partial charge in [0.2, 0.25) is 0 Å². The highest BCUT2D eigenvalue weighted by Gasteiger charge is 2.21. The van der Waals surface area contributed by atoms with E-state index in [0.717, 1.165) is 38.5 Å². The average Bonchev–Trinajstić information content (AvgIpc) is 3.20. The van der Waals surface area contributed by atoms with Gasteiger partial charge in [-0.3, -0.25) is 14.2 Å². The lowest BCUT2D eigenvalue weighted by Crippen LogP contribution is -2.37. The lowest BCUT2D eigenvalue weighted by molar-refractivity contribution is -0.870. The number of ether oxygens (including phenoxy) is 2. The molecule has 0 radical (unpaired) electrons. The average molecular weight is 866 g/mol. The Hall–Kier alpha value is -2.03. The molecule has 0 saturated carbocycles. The highest BCUT2D eigenvalue weighted by Crippen LogP contribution is 2.38. The standard InChI is InChI=1S/C50H92NO8P/c1-6-8-10-12-14-16-18-20-22-23-24-25-26-27-29-31-33-35-37-39-41-43-50(53)59-48(47-58-60(54,55)57-45-44-51(3,4)5)46-56-49(52)42-40-38-36-34-32-30-28-21-19-17-15-13-11-9-7-2/h22-23,25-26,29,31,35,37,48H,6-21,24,27-28,30,32-34,36,38-47H2,1-5H3/b23-22+,26-25+,31-29+,37-35+/t48-/m1/s1. The van der Waals surface area contributed by atoms with Gasteiger partial charge in [0.1, 0.15) is 19.8 Å². The summed E-state index contributed by atoms with van der Waals surface area (Å²) in [6.45, 7) is 4.18. The third kappa shape index (κ3) is 45.5. The number of hydrogen-bond acceptors (Lipinski definition) is 8. The van der Waals surface area contributed by atoms with Gasteiger partial charge in [-0.05, 0) is 51.4 Å². The van der Waals surface area contributed by atoms with Crippen LogP contribution < -0.4 is 4.89 Å². The van der Waals surface area contributed by atoms with E-state index in [2.05, 4.69) is 56.4 Å². The second-order valence-corrected chi connectivity index (χ2v) is 18.9. The van der Waals surface area contributed by atoms with Crippen molar-refractivity contribution in [2.45, 2.75) is 213 Å². The first-order valence-electron chi connectivity index (χ1n) is 24.3. The van der Waals surface area contributed by atoms with Crippen LogP contribution in [0.4, 0.5) is 0 Å². The minimum Gasteiger partial charge on any atom is -0.756 e. The van der Waals surface area contributed by atoms with Crippen LogP contribution in [0.25, 0.3) is 0 Å². The van der Waals surface area contributed by atoms with Gasteiger partial charge in [0, 0.05) is 12.8 Å². The largest absolute Gasteiger partial charge is 0.756 e. The highest BCUT2D eigenvalue weighted by atomic mass is 31.2. The number of allylic oxidation sites excluding steroid dienone is 8. The van der Waals surface area contributed by atoms with Crippen LogP contribution >= 0.6 is 7.82 Å². The van der Waals surface area contributed by atoms with E-state index in [1.165, 1.54) is 128 Å². The number of rotatable bonds is 44. The van der Waals surface area contributed by atoms with Gasteiger partial charge in [-0.2, -0.15) is 0 Å². The number of quaternary nitrogens is 1. The zero-order valence-electron chi connectivity index (χ0n) is 39.4. The monoisotopic (exact) mass is 866 g/mol. The maximum Gasteiger partial charge on any atom is 0.306 e. The molecule has 0 rings (SSSR count). The number of esters is 2. The van der Waals surface area contributed by atoms with Gasteiger partial charge in [-0.1, -0.05) is 191 Å². The van der Waals surface area contributed by atoms with Crippen molar-refractivity contribution in [2.75, 3.05) is 47.5 Å². The van der Waals surface area contributed by atoms with E-state index in [4.69, 9.17) is 18.5 Å². The van der Waals surface area contributed by atoms with E-state index >= 15 is 0 Å². The van der Waals surface area contributed by atoms with Crippen LogP contribution in [0, 0.1) is 0 Å². The summed E-state index contributed by atoms with van der Waals surface area (Å²) in [7, 11) is 1.13. The quantitative estimate of drug-likeness (QED) is 0.0196. The molecule has 60 heavy (non-hydrogen) atoms. The van der Waals surface area contributed by atoms with Crippen LogP contribution in [-0.4, -0.2) is 70.0 Å². The lowest BCUT2D eigenvalue weighted by atomic mass is 10.0. The molecule has 0 aromatic heterocycles. The van der Waals surface area contributed by atoms with Crippen LogP contribution in [0.2, 0.25) is 0 Å². The van der Waals surface area contributed by atoms with Crippen molar-refractivity contribution in [1.29, 1.82) is 0 Å². The first-order chi connectivity index (χ1) is 29.0. The van der Waals surface area contributed by atoms with E-state index in [9.17, 15) is 19.0 Å². The molecule has 0 aliphatic carbocycles. The number of nitrogens with zero attached hydrogens (tertiary/aromatic N) is 1. The maximum absolute atomic E-state index is 12.7. The molecule has 10 heteroatoms. The fourth-order valence-electron chi connectivity index (χ4n) is 6.53. The summed E-state index contributed by atoms with van der Waals surface area (Å²) in [6.07, 6.45) is 50.1. The van der Waals surface area contributed by atoms with Crippen molar-refractivity contribution in [3.05, 3.63) is 48.6 Å². The maximum atomic E-state index is 12.7. The Kier molecular flexibility index (Phi) is 40.8. The first-order valence-corrected chi connectivity index (χ1v) is 25.8. The molecule has 0 aliphatic rings. The number of phosphoric acid groups is 1. The molecule has 0 aliphatic heterocycles. The summed E-state index contributed by atoms with van der Waals surface area (Å²) in [5.41, 5.74) is 0. The molecular weight excluding hydrogens is 774 g/mol. The number of carbonyl (C=O) groups excluding carboxylic acids is 2. The van der Waals surface area contributed by atoms with Crippen molar-refractivity contribution in [2.24, 2.45) is 0 Å². The molecule has 1 unspecified atom stereocenters. The van der Waals surface area contributed by atoms with Gasteiger partial charge < -0.3 is 27.9 Å². The fourth-order valence-corrected chi connectivity index (χ4v) is 7.26. The summed E-state index contributed by atoms with van der Waals surface area (Å²) in [4.78, 5) is 37.6. The molecule has 0 bridgehead atoms. The first kappa shape index (κ1) is 58.0. The number of likely N-dealkylation sites (N-methyl/N-ethyl adjacent to an activating group) is 1. The predicted octanol–water partition coefficient (Wildman–Crippen LogP) is 13.6. The Balaban J connectivity index is 4.39. The summed E-state index contributed by atoms with van der Waals surface area (Å²) in [5.74, 6) is -0.895. The van der Waals surface area contributed by atoms with Gasteiger partial charge in [0.25, 0.3) is 7.82 Å². The van der Waals surface area contributed by atoms with Gasteiger partial charge in [-0.15, -0.1) is 0 Å². The SMILES string of the molecule is CCCCCCCCC/C=C/C/C=C/C/C=C/C/C=C/CCCC(=O)O[C@H](COC(=O)CCCCCCCCCCCCCCCCC)COP(=O)([O-])OCC[N+](C)(C)C. The molecule has 0 N–H and O–H groups in total. The minimum absolute atomic E-state index is 0.0411. The van der Waals surface area contributed by atoms with Crippen molar-refractivity contribution < 1.29 is 42.1 Å². The van der Waals surface area contributed by atoms with E-state index in [1.54, 1.807) is 0 Å². The lowest BCUT2D eigenvalue weighted by Gasteiger charge is -2.28. The van der Waals surface area contributed by atoms with Gasteiger partial charge in [0.05, 0.1) is 27.7 Å². The third-order valence-electron chi connectivity index (χ3n) is 10.4. The van der Waals surface area contributed by atoms with Crippen LogP contribution in [-0.2, 0) is 32.7 Å². The van der Waals surface area contributed by atoms with Gasteiger partial charge in [0.15, 0.2) is 6.10 Å². The van der Waals surface area contributed by atoms with Crippen LogP contribution in [0.1, 0.15) is 206 Å². The van der Waals surface area contributed by atoms with E-state index in [0.29, 0.717) is 23.9 Å². The zero-order valence-corrected chi connectivity index (χ0v) is 40.3. The zero-order chi connectivity index (χ0) is 44.3. The van der Waals surface area contributed by atoms with Gasteiger partial charge in [-0.25, -0.2) is 0 Å². The molecule has 0 saturated heterocycles. The summed E-state index contributed by atoms with van der Waals surface area (Å²) in [5, 5.41) is 0. The number of carbonyl (C=O) groups is 2. The Morgan fingerprint density at radius 2 is 0.917 bits per heavy atom. The molecule has 2 atom stereocenters. The molecule has 0 aromatic carbocycles. The normalized spacial score (nSPS) is 13.9. The highest BCUT2D eigenvalue weighted by molar-refractivity contribution is 7.45. The van der Waals surface area contributed by atoms with E-state index < -0.39 is 32.5 Å². The molecule has 0 fully saturated rings. The number of phosphoric ester groups is 1. The van der Waals surface area contributed by atoms with Crippen LogP contribution in [0.5, 0.6) is 0 Å². The fraction of sp³-hybridized carbons (Fsp3) is 0.800. The molecule has 9 nitrogen and oxygen atoms in total. The summed E-state index contributed by atoms with van der Waals surface area (Å²) >= 11 is 0. The van der Waals surface area contributed by atoms with E-state index in [1.807, 2.05) is 27.2 Å². The summed E-state index contributed by atoms with van der Waals surface area (Å²) in [6, 6.07) is 0. The number of unbranched alkanes of at least 4 members (excludes halogenated alkanes) is 22. The number of hydrogen-bond donors (Lipinski definition) is 0. The smallest absolute Gasteiger partial charge is 0.306 e. The molecular formula is C50H92NO8P. The van der Waals surface area contributed by atoms with Crippen molar-refractivity contribution in [1.82, 2.24) is 0 Å². The Bertz CT molecular complexity index is 1160. The Labute approximate surface area is 369 Å². The Morgan fingerprint density at radius 1 is 0.517 bits per heavy atom. The molecule has 0 spiro atoms. The van der Waals surface area contributed by atoms with Crippen molar-refractivity contribution >= 4 is 19.8 Å². The molecule has 0 aromatic rings. The van der Waals surface area contributed by atoms with Gasteiger partial charge >= 0.3 is 11.9 Å². The van der Waals surface area contributed by atoms with E-state index in [-0.39, 0.29) is 26.1 Å². The minimum atomic E-state index is -4.64. The van der Waals surface area contributed by atoms with Crippen molar-refractivity contribution in [3.8, 4) is 0 Å². The topological polar surface area (TPSA) is 111 Å². The molecule has 0 amide bonds. The van der Waals surface area contributed by atoms with Crippen LogP contribution in [0.15, 0.2) is 48.6 Å². The molecule has 350 valence electrons. The molecule has 0 heterocycles. The van der Waals surface area contributed by atoms with Crippen LogP contribution in [0.3, 0.4) is 0 Å². The third-order valence-corrected chi connectivity index (χ3v) is 11.3. The second kappa shape index (κ2) is 42.3.